The number of carbonyl (C=O) groups excluding carboxylic acids is 1. The Kier molecular flexibility index (Phi) is 6.23. The fourth-order valence-corrected chi connectivity index (χ4v) is 3.53. The number of ether oxygens (including phenoxy) is 1. The van der Waals surface area contributed by atoms with Crippen LogP contribution in [-0.2, 0) is 17.8 Å². The number of nitrogens with zero attached hydrogens (tertiary/aromatic N) is 4. The van der Waals surface area contributed by atoms with Crippen LogP contribution < -0.4 is 5.69 Å². The molecule has 0 bridgehead atoms. The molecule has 3 rings (SSSR count). The summed E-state index contributed by atoms with van der Waals surface area (Å²) in [4.78, 5) is 26.6. The van der Waals surface area contributed by atoms with E-state index in [0.29, 0.717) is 45.6 Å². The van der Waals surface area contributed by atoms with E-state index in [1.54, 1.807) is 16.6 Å². The van der Waals surface area contributed by atoms with Gasteiger partial charge in [0.05, 0.1) is 13.2 Å². The number of methoxy groups -OCH3 is 1. The maximum atomic E-state index is 13.4. The minimum atomic E-state index is -1.03. The van der Waals surface area contributed by atoms with Crippen molar-refractivity contribution >= 4 is 5.91 Å². The second-order valence-corrected chi connectivity index (χ2v) is 6.80. The van der Waals surface area contributed by atoms with E-state index in [9.17, 15) is 18.4 Å². The van der Waals surface area contributed by atoms with Gasteiger partial charge in [-0.15, -0.1) is 0 Å². The molecule has 1 amide bonds. The van der Waals surface area contributed by atoms with Gasteiger partial charge in [0.25, 0.3) is 5.91 Å². The van der Waals surface area contributed by atoms with Crippen molar-refractivity contribution < 1.29 is 18.3 Å². The number of halogens is 2. The van der Waals surface area contributed by atoms with E-state index >= 15 is 0 Å². The number of hydrogen-bond donors (Lipinski definition) is 0. The summed E-state index contributed by atoms with van der Waals surface area (Å²) < 4.78 is 34.6. The van der Waals surface area contributed by atoms with Crippen molar-refractivity contribution in [3.8, 4) is 0 Å². The fourth-order valence-electron chi connectivity index (χ4n) is 3.53. The zero-order chi connectivity index (χ0) is 20.3. The predicted molar refractivity (Wildman–Crippen MR) is 98.3 cm³/mol. The predicted octanol–water partition coefficient (Wildman–Crippen LogP) is 2.01. The highest BCUT2D eigenvalue weighted by molar-refractivity contribution is 5.94. The largest absolute Gasteiger partial charge is 0.383 e. The van der Waals surface area contributed by atoms with Crippen LogP contribution in [0.3, 0.4) is 0 Å². The van der Waals surface area contributed by atoms with Gasteiger partial charge in [-0.2, -0.15) is 5.10 Å². The molecule has 7 nitrogen and oxygen atoms in total. The van der Waals surface area contributed by atoms with E-state index in [1.165, 1.54) is 10.7 Å². The van der Waals surface area contributed by atoms with Gasteiger partial charge in [0.1, 0.15) is 5.82 Å². The number of piperidine rings is 1. The molecule has 152 valence electrons. The number of likely N-dealkylation sites (tertiary alicyclic amines) is 1. The summed E-state index contributed by atoms with van der Waals surface area (Å²) in [5.41, 5.74) is -0.0264. The molecule has 2 aromatic rings. The molecule has 0 aliphatic carbocycles. The van der Waals surface area contributed by atoms with Gasteiger partial charge in [-0.3, -0.25) is 9.36 Å². The monoisotopic (exact) mass is 394 g/mol. The molecule has 1 saturated heterocycles. The van der Waals surface area contributed by atoms with E-state index in [4.69, 9.17) is 4.74 Å². The Labute approximate surface area is 161 Å². The molecule has 1 aromatic heterocycles. The van der Waals surface area contributed by atoms with Crippen molar-refractivity contribution in [3.63, 3.8) is 0 Å². The summed E-state index contributed by atoms with van der Waals surface area (Å²) in [5, 5.41) is 4.48. The summed E-state index contributed by atoms with van der Waals surface area (Å²) in [5.74, 6) is -1.55. The Balaban J connectivity index is 1.70. The number of hydrogen-bond acceptors (Lipinski definition) is 4. The van der Waals surface area contributed by atoms with Gasteiger partial charge < -0.3 is 9.64 Å². The fraction of sp³-hybridized carbons (Fsp3) is 0.526. The van der Waals surface area contributed by atoms with Crippen LogP contribution in [0.25, 0.3) is 0 Å². The quantitative estimate of drug-likeness (QED) is 0.752. The molecule has 0 spiro atoms. The van der Waals surface area contributed by atoms with Crippen molar-refractivity contribution in [2.24, 2.45) is 0 Å². The van der Waals surface area contributed by atoms with Crippen LogP contribution in [0.15, 0.2) is 23.0 Å². The van der Waals surface area contributed by atoms with Gasteiger partial charge in [-0.25, -0.2) is 18.3 Å². The first-order valence-corrected chi connectivity index (χ1v) is 9.37. The summed E-state index contributed by atoms with van der Waals surface area (Å²) in [7, 11) is 1.57. The van der Waals surface area contributed by atoms with Crippen LogP contribution in [0, 0.1) is 11.6 Å². The van der Waals surface area contributed by atoms with Gasteiger partial charge in [-0.1, -0.05) is 0 Å². The van der Waals surface area contributed by atoms with E-state index in [2.05, 4.69) is 5.10 Å². The summed E-state index contributed by atoms with van der Waals surface area (Å²) in [6, 6.07) is 3.18. The average Bonchev–Trinajstić information content (AvgIpc) is 3.03. The maximum absolute atomic E-state index is 13.4. The molecule has 0 atom stereocenters. The Bertz CT molecular complexity index is 901. The Morgan fingerprint density at radius 2 is 1.96 bits per heavy atom. The van der Waals surface area contributed by atoms with Crippen molar-refractivity contribution in [1.82, 2.24) is 19.2 Å². The molecule has 0 unspecified atom stereocenters. The van der Waals surface area contributed by atoms with Crippen molar-refractivity contribution in [3.05, 3.63) is 51.7 Å². The van der Waals surface area contributed by atoms with Crippen molar-refractivity contribution in [2.75, 3.05) is 26.8 Å². The molecule has 2 heterocycles. The Hall–Kier alpha value is -2.55. The minimum Gasteiger partial charge on any atom is -0.383 e. The molecule has 1 aliphatic heterocycles. The minimum absolute atomic E-state index is 0.0606. The summed E-state index contributed by atoms with van der Waals surface area (Å²) in [6.45, 7) is 4.14. The normalized spacial score (nSPS) is 15.2. The lowest BCUT2D eigenvalue weighted by molar-refractivity contribution is 0.0709. The SMILES string of the molecule is CCn1c(C2CCN(C(=O)c3ccc(F)c(F)c3)CC2)nn(CCOC)c1=O. The highest BCUT2D eigenvalue weighted by Crippen LogP contribution is 2.27. The standard InChI is InChI=1S/C19H24F2N4O3/c1-3-24-17(22-25(19(24)27)10-11-28-2)13-6-8-23(9-7-13)18(26)14-4-5-15(20)16(21)12-14/h4-5,12-13H,3,6-11H2,1-2H3. The topological polar surface area (TPSA) is 69.4 Å². The van der Waals surface area contributed by atoms with Gasteiger partial charge in [0.15, 0.2) is 11.6 Å². The van der Waals surface area contributed by atoms with Crippen LogP contribution >= 0.6 is 0 Å². The number of benzene rings is 1. The Morgan fingerprint density at radius 3 is 2.57 bits per heavy atom. The zero-order valence-corrected chi connectivity index (χ0v) is 16.0. The first kappa shape index (κ1) is 20.2. The summed E-state index contributed by atoms with van der Waals surface area (Å²) >= 11 is 0. The molecule has 0 radical (unpaired) electrons. The number of carbonyl (C=O) groups is 1. The molecule has 28 heavy (non-hydrogen) atoms. The number of amides is 1. The maximum Gasteiger partial charge on any atom is 0.345 e. The van der Waals surface area contributed by atoms with Gasteiger partial charge in [-0.05, 0) is 38.0 Å². The van der Waals surface area contributed by atoms with Crippen LogP contribution in [0.5, 0.6) is 0 Å². The third kappa shape index (κ3) is 3.99. The van der Waals surface area contributed by atoms with Crippen molar-refractivity contribution in [2.45, 2.75) is 38.8 Å². The van der Waals surface area contributed by atoms with Gasteiger partial charge in [0.2, 0.25) is 0 Å². The molecule has 1 aromatic carbocycles. The van der Waals surface area contributed by atoms with Gasteiger partial charge >= 0.3 is 5.69 Å². The first-order chi connectivity index (χ1) is 13.5. The second-order valence-electron chi connectivity index (χ2n) is 6.80. The van der Waals surface area contributed by atoms with E-state index in [0.717, 1.165) is 18.0 Å². The number of aromatic nitrogens is 3. The lowest BCUT2D eigenvalue weighted by Gasteiger charge is -2.31. The smallest absolute Gasteiger partial charge is 0.345 e. The zero-order valence-electron chi connectivity index (χ0n) is 16.0. The second kappa shape index (κ2) is 8.64. The molecule has 9 heteroatoms. The molecule has 1 fully saturated rings. The summed E-state index contributed by atoms with van der Waals surface area (Å²) in [6.07, 6.45) is 1.30. The lowest BCUT2D eigenvalue weighted by atomic mass is 9.95. The highest BCUT2D eigenvalue weighted by Gasteiger charge is 2.29. The van der Waals surface area contributed by atoms with Gasteiger partial charge in [0, 0.05) is 38.2 Å². The van der Waals surface area contributed by atoms with Crippen molar-refractivity contribution in [1.29, 1.82) is 0 Å². The van der Waals surface area contributed by atoms with Crippen LogP contribution in [-0.4, -0.2) is 52.0 Å². The number of rotatable bonds is 6. The molecular weight excluding hydrogens is 370 g/mol. The highest BCUT2D eigenvalue weighted by atomic mass is 19.2. The van der Waals surface area contributed by atoms with Crippen LogP contribution in [0.2, 0.25) is 0 Å². The lowest BCUT2D eigenvalue weighted by Crippen LogP contribution is -2.38. The third-order valence-electron chi connectivity index (χ3n) is 5.09. The average molecular weight is 394 g/mol. The molecule has 0 N–H and O–H groups in total. The van der Waals surface area contributed by atoms with Crippen LogP contribution in [0.1, 0.15) is 41.9 Å². The van der Waals surface area contributed by atoms with E-state index in [1.807, 2.05) is 6.92 Å². The van der Waals surface area contributed by atoms with Crippen LogP contribution in [0.4, 0.5) is 8.78 Å². The third-order valence-corrected chi connectivity index (χ3v) is 5.09. The molecule has 1 aliphatic rings. The van der Waals surface area contributed by atoms with E-state index in [-0.39, 0.29) is 23.1 Å². The molecular formula is C19H24F2N4O3. The Morgan fingerprint density at radius 1 is 1.25 bits per heavy atom. The molecule has 0 saturated carbocycles. The van der Waals surface area contributed by atoms with E-state index < -0.39 is 11.6 Å². The first-order valence-electron chi connectivity index (χ1n) is 9.37.